The Morgan fingerprint density at radius 1 is 1.00 bits per heavy atom. The lowest BCUT2D eigenvalue weighted by Crippen LogP contribution is -2.23. The molecule has 0 bridgehead atoms. The van der Waals surface area contributed by atoms with Gasteiger partial charge in [-0.2, -0.15) is 0 Å². The van der Waals surface area contributed by atoms with Crippen LogP contribution >= 0.6 is 16.1 Å². The smallest absolute Gasteiger partial charge is 0.0536 e. The second-order valence-electron chi connectivity index (χ2n) is 3.78. The Balaban J connectivity index is 2.64. The van der Waals surface area contributed by atoms with E-state index in [9.17, 15) is 0 Å². The third-order valence-electron chi connectivity index (χ3n) is 2.57. The van der Waals surface area contributed by atoms with Gasteiger partial charge in [-0.05, 0) is 67.1 Å². The summed E-state index contributed by atoms with van der Waals surface area (Å²) in [6.07, 6.45) is 2.76. The molecule has 2 unspecified atom stereocenters. The topological polar surface area (TPSA) is 6.48 Å². The van der Waals surface area contributed by atoms with Gasteiger partial charge in [0.25, 0.3) is 0 Å². The van der Waals surface area contributed by atoms with Crippen molar-refractivity contribution in [3.63, 3.8) is 0 Å². The third-order valence-corrected chi connectivity index (χ3v) is 9.65. The zero-order valence-electron chi connectivity index (χ0n) is 9.43. The Morgan fingerprint density at radius 2 is 1.36 bits per heavy atom. The molecule has 1 heterocycles. The van der Waals surface area contributed by atoms with Crippen LogP contribution in [0.15, 0.2) is 0 Å². The summed E-state index contributed by atoms with van der Waals surface area (Å²) in [6, 6.07) is 0. The highest BCUT2D eigenvalue weighted by atomic mass is 32.8. The molecule has 0 saturated carbocycles. The molecule has 1 rings (SSSR count). The molecule has 0 N–H and O–H groups in total. The van der Waals surface area contributed by atoms with Crippen LogP contribution in [-0.4, -0.2) is 60.8 Å². The normalized spacial score (nSPS) is 38.7. The maximum atomic E-state index is 5.52. The highest BCUT2D eigenvalue weighted by Gasteiger charge is 2.18. The van der Waals surface area contributed by atoms with Crippen molar-refractivity contribution in [2.45, 2.75) is 0 Å². The fraction of sp³-hybridized carbons (Fsp3) is 1.00. The van der Waals surface area contributed by atoms with Gasteiger partial charge in [0, 0.05) is 0 Å². The Kier molecular flexibility index (Phi) is 5.92. The van der Waals surface area contributed by atoms with Crippen LogP contribution in [0.4, 0.5) is 0 Å². The number of rotatable bonds is 0. The molecule has 0 aromatic carbocycles. The van der Waals surface area contributed by atoms with E-state index in [1.165, 1.54) is 12.3 Å². The highest BCUT2D eigenvalue weighted by Crippen LogP contribution is 2.43. The number of nitrogens with zero attached hydrogens (tertiary/aromatic N) is 2. The second-order valence-corrected chi connectivity index (χ2v) is 11.5. The first-order valence-electron chi connectivity index (χ1n) is 4.70. The summed E-state index contributed by atoms with van der Waals surface area (Å²) in [6.45, 7) is 4.77. The molecule has 0 radical (unpaired) electrons. The van der Waals surface area contributed by atoms with Crippen LogP contribution < -0.4 is 0 Å². The summed E-state index contributed by atoms with van der Waals surface area (Å²) < 4.78 is 4.99. The molecule has 14 heavy (non-hydrogen) atoms. The zero-order chi connectivity index (χ0) is 10.7. The van der Waals surface area contributed by atoms with E-state index in [2.05, 4.69) is 36.8 Å². The maximum Gasteiger partial charge on any atom is 0.0536 e. The Labute approximate surface area is 97.6 Å². The van der Waals surface area contributed by atoms with Gasteiger partial charge in [0.2, 0.25) is 0 Å². The van der Waals surface area contributed by atoms with Crippen LogP contribution in [0.1, 0.15) is 0 Å². The lowest BCUT2D eigenvalue weighted by Gasteiger charge is -2.24. The van der Waals surface area contributed by atoms with E-state index in [-0.39, 0.29) is 25.6 Å². The van der Waals surface area contributed by atoms with E-state index in [1.54, 1.807) is 0 Å². The van der Waals surface area contributed by atoms with Crippen molar-refractivity contribution >= 4 is 36.8 Å². The lowest BCUT2D eigenvalue weighted by atomic mass is 11.0. The summed E-state index contributed by atoms with van der Waals surface area (Å²) in [5.74, 6) is 2.23. The van der Waals surface area contributed by atoms with Gasteiger partial charge in [0.15, 0.2) is 0 Å². The summed E-state index contributed by atoms with van der Waals surface area (Å²) in [4.78, 5) is 0. The standard InChI is InChI=1S/C8H20N2P2S2/c1-9-7-14(13)8-10(2)12(4)6-5-11(9)3/h5-8H2,1-4H3. The molecule has 1 saturated heterocycles. The zero-order valence-corrected chi connectivity index (χ0v) is 12.9. The summed E-state index contributed by atoms with van der Waals surface area (Å²) >= 11 is 5.52. The minimum atomic E-state index is 0.0773. The van der Waals surface area contributed by atoms with Crippen LogP contribution in [0.25, 0.3) is 0 Å². The Hall–Kier alpha value is 1.35. The molecule has 1 aliphatic heterocycles. The largest absolute Gasteiger partial charge is 0.275 e. The van der Waals surface area contributed by atoms with Crippen LogP contribution in [-0.2, 0) is 20.6 Å². The van der Waals surface area contributed by atoms with Crippen LogP contribution in [0.5, 0.6) is 0 Å². The van der Waals surface area contributed by atoms with E-state index in [4.69, 9.17) is 11.2 Å². The van der Waals surface area contributed by atoms with Crippen LogP contribution in [0.3, 0.4) is 0 Å². The van der Waals surface area contributed by atoms with Gasteiger partial charge < -0.3 is 0 Å². The molecule has 1 fully saturated rings. The molecule has 6 heteroatoms. The number of hydrogen-bond donors (Lipinski definition) is 0. The average Bonchev–Trinajstić information content (AvgIpc) is 2.14. The number of hydrogen-bond acceptors (Lipinski definition) is 3. The van der Waals surface area contributed by atoms with Crippen molar-refractivity contribution in [1.82, 2.24) is 9.34 Å². The van der Waals surface area contributed by atoms with Crippen molar-refractivity contribution < 1.29 is 0 Å². The molecule has 2 nitrogen and oxygen atoms in total. The van der Waals surface area contributed by atoms with Gasteiger partial charge >= 0.3 is 0 Å². The first-order chi connectivity index (χ1) is 6.50. The third kappa shape index (κ3) is 4.08. The van der Waals surface area contributed by atoms with Crippen molar-refractivity contribution in [2.24, 2.45) is 0 Å². The molecule has 84 valence electrons. The molecule has 0 amide bonds. The highest BCUT2D eigenvalue weighted by molar-refractivity contribution is 8.28. The predicted molar refractivity (Wildman–Crippen MR) is 75.4 cm³/mol. The molecule has 0 aromatic heterocycles. The minimum absolute atomic E-state index is 0.0773. The van der Waals surface area contributed by atoms with Gasteiger partial charge in [-0.1, -0.05) is 9.45 Å². The van der Waals surface area contributed by atoms with Gasteiger partial charge in [-0.3, -0.25) is 9.34 Å². The first-order valence-corrected chi connectivity index (χ1v) is 11.0. The van der Waals surface area contributed by atoms with Gasteiger partial charge in [0.05, 0.1) is 11.8 Å². The summed E-state index contributed by atoms with van der Waals surface area (Å²) in [5.41, 5.74) is 0. The summed E-state index contributed by atoms with van der Waals surface area (Å²) in [5, 5.41) is 0. The van der Waals surface area contributed by atoms with Crippen LogP contribution in [0.2, 0.25) is 0 Å². The Bertz CT molecular complexity index is 196. The molecule has 2 atom stereocenters. The van der Waals surface area contributed by atoms with Crippen molar-refractivity contribution in [3.05, 3.63) is 0 Å². The minimum Gasteiger partial charge on any atom is -0.275 e. The van der Waals surface area contributed by atoms with Crippen molar-refractivity contribution in [3.8, 4) is 0 Å². The maximum absolute atomic E-state index is 5.52. The molecule has 1 aliphatic rings. The average molecular weight is 270 g/mol. The molecule has 0 aromatic rings. The first kappa shape index (κ1) is 13.4. The molecular formula is C8H20N2P2S2. The van der Waals surface area contributed by atoms with E-state index in [1.807, 2.05) is 0 Å². The fourth-order valence-corrected chi connectivity index (χ4v) is 9.03. The van der Waals surface area contributed by atoms with Crippen LogP contribution in [0, 0.1) is 0 Å². The predicted octanol–water partition coefficient (Wildman–Crippen LogP) is 1.91. The molecule has 0 aliphatic carbocycles. The quantitative estimate of drug-likeness (QED) is 0.621. The van der Waals surface area contributed by atoms with E-state index in [0.717, 1.165) is 11.8 Å². The van der Waals surface area contributed by atoms with Gasteiger partial charge in [-0.25, -0.2) is 0 Å². The SMILES string of the molecule is CN1CS(=S)CN(C)P(C)CCP1C. The lowest BCUT2D eigenvalue weighted by molar-refractivity contribution is 0.635. The van der Waals surface area contributed by atoms with Gasteiger partial charge in [-0.15, -0.1) is 0 Å². The molecular weight excluding hydrogens is 250 g/mol. The van der Waals surface area contributed by atoms with E-state index >= 15 is 0 Å². The Morgan fingerprint density at radius 3 is 1.71 bits per heavy atom. The summed E-state index contributed by atoms with van der Waals surface area (Å²) in [7, 11) is 4.77. The van der Waals surface area contributed by atoms with E-state index in [0.29, 0.717) is 0 Å². The van der Waals surface area contributed by atoms with Gasteiger partial charge in [0.1, 0.15) is 0 Å². The van der Waals surface area contributed by atoms with Crippen molar-refractivity contribution in [1.29, 1.82) is 0 Å². The van der Waals surface area contributed by atoms with Crippen molar-refractivity contribution in [2.75, 3.05) is 51.5 Å². The molecule has 0 spiro atoms. The fourth-order valence-electron chi connectivity index (χ4n) is 1.29. The second kappa shape index (κ2) is 6.18. The van der Waals surface area contributed by atoms with E-state index < -0.39 is 0 Å². The monoisotopic (exact) mass is 270 g/mol.